The maximum atomic E-state index is 12.1. The molecule has 1 aromatic rings. The summed E-state index contributed by atoms with van der Waals surface area (Å²) in [6.45, 7) is 8.00. The van der Waals surface area contributed by atoms with Crippen LogP contribution in [0, 0.1) is 10.1 Å². The first-order chi connectivity index (χ1) is 10.4. The van der Waals surface area contributed by atoms with Crippen molar-refractivity contribution in [2.24, 2.45) is 0 Å². The van der Waals surface area contributed by atoms with Crippen molar-refractivity contribution in [2.45, 2.75) is 19.4 Å². The number of hydrogen-bond donors (Lipinski definition) is 1. The zero-order valence-electron chi connectivity index (χ0n) is 12.7. The molecule has 1 aromatic heterocycles. The quantitative estimate of drug-likeness (QED) is 0.489. The number of esters is 1. The zero-order chi connectivity index (χ0) is 16.2. The highest BCUT2D eigenvalue weighted by molar-refractivity contribution is 5.87. The Labute approximate surface area is 128 Å². The van der Waals surface area contributed by atoms with E-state index in [1.54, 1.807) is 0 Å². The lowest BCUT2D eigenvalue weighted by molar-refractivity contribution is -0.385. The smallest absolute Gasteiger partial charge is 0.357 e. The number of nitro groups is 1. The number of nitrogens with one attached hydrogen (secondary N) is 1. The van der Waals surface area contributed by atoms with E-state index in [0.29, 0.717) is 6.54 Å². The summed E-state index contributed by atoms with van der Waals surface area (Å²) in [6, 6.07) is 2.55. The number of aromatic nitrogens is 1. The summed E-state index contributed by atoms with van der Waals surface area (Å²) in [4.78, 5) is 28.1. The second-order valence-corrected chi connectivity index (χ2v) is 5.83. The fourth-order valence-corrected chi connectivity index (χ4v) is 2.36. The minimum Gasteiger partial charge on any atom is -0.454 e. The summed E-state index contributed by atoms with van der Waals surface area (Å²) >= 11 is 0. The molecule has 0 unspecified atom stereocenters. The Kier molecular flexibility index (Phi) is 5.04. The second-order valence-electron chi connectivity index (χ2n) is 5.83. The van der Waals surface area contributed by atoms with Crippen molar-refractivity contribution in [2.75, 3.05) is 32.7 Å². The van der Waals surface area contributed by atoms with Gasteiger partial charge < -0.3 is 10.1 Å². The van der Waals surface area contributed by atoms with E-state index < -0.39 is 16.5 Å². The molecule has 0 bridgehead atoms. The molecule has 0 aliphatic carbocycles. The Bertz CT molecular complexity index is 538. The molecule has 0 radical (unpaired) electrons. The van der Waals surface area contributed by atoms with Crippen LogP contribution in [0.4, 0.5) is 5.69 Å². The first kappa shape index (κ1) is 16.3. The third kappa shape index (κ3) is 4.47. The van der Waals surface area contributed by atoms with E-state index in [4.69, 9.17) is 4.74 Å². The van der Waals surface area contributed by atoms with Crippen LogP contribution >= 0.6 is 0 Å². The number of carbonyl (C=O) groups excluding carboxylic acids is 1. The van der Waals surface area contributed by atoms with Crippen LogP contribution < -0.4 is 5.32 Å². The predicted molar refractivity (Wildman–Crippen MR) is 79.7 cm³/mol. The monoisotopic (exact) mass is 308 g/mol. The van der Waals surface area contributed by atoms with Crippen molar-refractivity contribution in [1.82, 2.24) is 15.2 Å². The van der Waals surface area contributed by atoms with Crippen molar-refractivity contribution in [3.05, 3.63) is 34.1 Å². The number of hydrogen-bond acceptors (Lipinski definition) is 7. The van der Waals surface area contributed by atoms with E-state index in [2.05, 4.69) is 15.2 Å². The lowest BCUT2D eigenvalue weighted by atomic mass is 10.1. The third-order valence-electron chi connectivity index (χ3n) is 3.35. The van der Waals surface area contributed by atoms with Gasteiger partial charge in [0.1, 0.15) is 17.5 Å². The molecule has 1 aliphatic heterocycles. The number of piperazine rings is 1. The maximum absolute atomic E-state index is 12.1. The van der Waals surface area contributed by atoms with Crippen LogP contribution in [0.1, 0.15) is 24.3 Å². The molecule has 22 heavy (non-hydrogen) atoms. The summed E-state index contributed by atoms with van der Waals surface area (Å²) in [5.74, 6) is -0.574. The van der Waals surface area contributed by atoms with Gasteiger partial charge in [-0.25, -0.2) is 9.78 Å². The third-order valence-corrected chi connectivity index (χ3v) is 3.35. The van der Waals surface area contributed by atoms with Gasteiger partial charge in [0, 0.05) is 38.8 Å². The van der Waals surface area contributed by atoms with E-state index in [1.165, 1.54) is 12.1 Å². The van der Waals surface area contributed by atoms with E-state index >= 15 is 0 Å². The average Bonchev–Trinajstić information content (AvgIpc) is 2.47. The molecule has 8 heteroatoms. The van der Waals surface area contributed by atoms with Gasteiger partial charge in [0.15, 0.2) is 0 Å². The maximum Gasteiger partial charge on any atom is 0.357 e. The molecule has 120 valence electrons. The summed E-state index contributed by atoms with van der Waals surface area (Å²) in [6.07, 6.45) is 1.06. The molecular formula is C14H20N4O4. The van der Waals surface area contributed by atoms with Crippen molar-refractivity contribution < 1.29 is 14.5 Å². The van der Waals surface area contributed by atoms with Gasteiger partial charge in [-0.1, -0.05) is 0 Å². The molecule has 0 saturated carbocycles. The highest BCUT2D eigenvalue weighted by Crippen LogP contribution is 2.16. The number of ether oxygens (including phenoxy) is 1. The largest absolute Gasteiger partial charge is 0.454 e. The van der Waals surface area contributed by atoms with Gasteiger partial charge in [-0.05, 0) is 19.9 Å². The molecule has 2 rings (SSSR count). The molecule has 1 N–H and O–H groups in total. The lowest BCUT2D eigenvalue weighted by Gasteiger charge is -2.34. The predicted octanol–water partition coefficient (Wildman–Crippen LogP) is 0.830. The minimum atomic E-state index is -0.655. The van der Waals surface area contributed by atoms with Gasteiger partial charge in [-0.15, -0.1) is 0 Å². The van der Waals surface area contributed by atoms with E-state index in [0.717, 1.165) is 32.4 Å². The Morgan fingerprint density at radius 3 is 2.68 bits per heavy atom. The Balaban J connectivity index is 1.95. The first-order valence-electron chi connectivity index (χ1n) is 7.14. The molecule has 0 spiro atoms. The average molecular weight is 308 g/mol. The Hall–Kier alpha value is -2.06. The van der Waals surface area contributed by atoms with Crippen molar-refractivity contribution in [1.29, 1.82) is 0 Å². The standard InChI is InChI=1S/C14H20N4O4/c1-14(2,10-17-7-5-15-6-8-17)22-13(19)12-4-3-11(9-16-12)18(20)21/h3-4,9,15H,5-8,10H2,1-2H3. The van der Waals surface area contributed by atoms with Gasteiger partial charge in [0.2, 0.25) is 0 Å². The number of rotatable bonds is 5. The lowest BCUT2D eigenvalue weighted by Crippen LogP contribution is -2.50. The van der Waals surface area contributed by atoms with Crippen LogP contribution in [0.25, 0.3) is 0 Å². The fraction of sp³-hybridized carbons (Fsp3) is 0.571. The van der Waals surface area contributed by atoms with Crippen molar-refractivity contribution in [3.63, 3.8) is 0 Å². The summed E-state index contributed by atoms with van der Waals surface area (Å²) < 4.78 is 5.49. The SMILES string of the molecule is CC(C)(CN1CCNCC1)OC(=O)c1ccc([N+](=O)[O-])cn1. The normalized spacial score (nSPS) is 16.3. The first-order valence-corrected chi connectivity index (χ1v) is 7.14. The molecule has 1 aliphatic rings. The van der Waals surface area contributed by atoms with Crippen LogP contribution in [0.2, 0.25) is 0 Å². The minimum absolute atomic E-state index is 0.0685. The van der Waals surface area contributed by atoms with Gasteiger partial charge in [-0.3, -0.25) is 15.0 Å². The van der Waals surface area contributed by atoms with Crippen LogP contribution in [-0.2, 0) is 4.74 Å². The molecule has 2 heterocycles. The molecule has 0 amide bonds. The molecule has 0 atom stereocenters. The number of carbonyl (C=O) groups is 1. The Morgan fingerprint density at radius 1 is 1.45 bits per heavy atom. The highest BCUT2D eigenvalue weighted by Gasteiger charge is 2.28. The number of pyridine rings is 1. The topological polar surface area (TPSA) is 97.6 Å². The van der Waals surface area contributed by atoms with Gasteiger partial charge in [0.05, 0.1) is 4.92 Å². The van der Waals surface area contributed by atoms with Crippen LogP contribution in [0.5, 0.6) is 0 Å². The second kappa shape index (κ2) is 6.80. The highest BCUT2D eigenvalue weighted by atomic mass is 16.6. The van der Waals surface area contributed by atoms with Gasteiger partial charge in [0.25, 0.3) is 5.69 Å². The van der Waals surface area contributed by atoms with Crippen LogP contribution in [-0.4, -0.2) is 59.1 Å². The summed E-state index contributed by atoms with van der Waals surface area (Å²) in [5, 5.41) is 13.8. The van der Waals surface area contributed by atoms with Crippen molar-refractivity contribution in [3.8, 4) is 0 Å². The zero-order valence-corrected chi connectivity index (χ0v) is 12.7. The van der Waals surface area contributed by atoms with Gasteiger partial charge in [-0.2, -0.15) is 0 Å². The van der Waals surface area contributed by atoms with Crippen LogP contribution in [0.3, 0.4) is 0 Å². The van der Waals surface area contributed by atoms with E-state index in [-0.39, 0.29) is 11.4 Å². The molecule has 8 nitrogen and oxygen atoms in total. The summed E-state index contributed by atoms with van der Waals surface area (Å²) in [7, 11) is 0. The van der Waals surface area contributed by atoms with E-state index in [9.17, 15) is 14.9 Å². The molecule has 1 fully saturated rings. The van der Waals surface area contributed by atoms with Crippen molar-refractivity contribution >= 4 is 11.7 Å². The number of nitrogens with zero attached hydrogens (tertiary/aromatic N) is 3. The molecular weight excluding hydrogens is 288 g/mol. The van der Waals surface area contributed by atoms with E-state index in [1.807, 2.05) is 13.8 Å². The van der Waals surface area contributed by atoms with Gasteiger partial charge >= 0.3 is 5.97 Å². The molecule has 1 saturated heterocycles. The molecule has 0 aromatic carbocycles. The Morgan fingerprint density at radius 2 is 2.14 bits per heavy atom. The fourth-order valence-electron chi connectivity index (χ4n) is 2.36. The summed E-state index contributed by atoms with van der Waals surface area (Å²) in [5.41, 5.74) is -0.742. The van der Waals surface area contributed by atoms with Crippen LogP contribution in [0.15, 0.2) is 18.3 Å².